The van der Waals surface area contributed by atoms with E-state index in [9.17, 15) is 14.0 Å². The lowest BCUT2D eigenvalue weighted by Gasteiger charge is -2.19. The number of benzene rings is 1. The standard InChI is InChI=1S/C14H19FN2O3.ClH/c1-3-20-13(18)8-12(17-14(19)9(2)16)10-4-6-11(15)7-5-10;/h4-7,9,12H,3,8,16H2,1-2H3,(H,17,19);1H/t9-,12?;/m1./s1. The van der Waals surface area contributed by atoms with Crippen molar-refractivity contribution in [1.29, 1.82) is 0 Å². The van der Waals surface area contributed by atoms with Gasteiger partial charge in [0.1, 0.15) is 5.82 Å². The zero-order valence-electron chi connectivity index (χ0n) is 12.0. The number of halogens is 2. The zero-order valence-corrected chi connectivity index (χ0v) is 12.8. The van der Waals surface area contributed by atoms with Crippen LogP contribution in [0.1, 0.15) is 31.9 Å². The van der Waals surface area contributed by atoms with Crippen LogP contribution in [0.4, 0.5) is 4.39 Å². The van der Waals surface area contributed by atoms with Crippen LogP contribution < -0.4 is 11.1 Å². The Bertz CT molecular complexity index is 466. The topological polar surface area (TPSA) is 81.4 Å². The van der Waals surface area contributed by atoms with Crippen molar-refractivity contribution in [2.45, 2.75) is 32.4 Å². The van der Waals surface area contributed by atoms with E-state index >= 15 is 0 Å². The molecular weight excluding hydrogens is 299 g/mol. The summed E-state index contributed by atoms with van der Waals surface area (Å²) < 4.78 is 17.8. The number of ether oxygens (including phenoxy) is 1. The Morgan fingerprint density at radius 2 is 1.90 bits per heavy atom. The third kappa shape index (κ3) is 6.55. The predicted molar refractivity (Wildman–Crippen MR) is 79.4 cm³/mol. The van der Waals surface area contributed by atoms with Crippen molar-refractivity contribution >= 4 is 24.3 Å². The maximum absolute atomic E-state index is 12.9. The number of rotatable bonds is 6. The molecular formula is C14H20ClFN2O3. The van der Waals surface area contributed by atoms with Gasteiger partial charge in [-0.3, -0.25) is 9.59 Å². The summed E-state index contributed by atoms with van der Waals surface area (Å²) in [5, 5.41) is 2.65. The van der Waals surface area contributed by atoms with Crippen molar-refractivity contribution in [3.05, 3.63) is 35.6 Å². The summed E-state index contributed by atoms with van der Waals surface area (Å²) in [6.45, 7) is 3.50. The second-order valence-electron chi connectivity index (χ2n) is 4.41. The fourth-order valence-electron chi connectivity index (χ4n) is 1.64. The first-order chi connectivity index (χ1) is 9.43. The molecule has 0 radical (unpaired) electrons. The van der Waals surface area contributed by atoms with Crippen molar-refractivity contribution in [3.8, 4) is 0 Å². The van der Waals surface area contributed by atoms with Gasteiger partial charge in [-0.25, -0.2) is 4.39 Å². The number of carbonyl (C=O) groups excluding carboxylic acids is 2. The Kier molecular flexibility index (Phi) is 8.57. The molecule has 0 aromatic heterocycles. The molecule has 0 heterocycles. The highest BCUT2D eigenvalue weighted by Gasteiger charge is 2.20. The third-order valence-electron chi connectivity index (χ3n) is 2.68. The molecule has 5 nitrogen and oxygen atoms in total. The number of nitrogens with one attached hydrogen (secondary N) is 1. The molecule has 0 saturated heterocycles. The van der Waals surface area contributed by atoms with Gasteiger partial charge >= 0.3 is 5.97 Å². The number of carbonyl (C=O) groups is 2. The van der Waals surface area contributed by atoms with E-state index < -0.39 is 18.1 Å². The average molecular weight is 319 g/mol. The van der Waals surface area contributed by atoms with Crippen molar-refractivity contribution in [2.24, 2.45) is 5.73 Å². The van der Waals surface area contributed by atoms with Crippen molar-refractivity contribution in [1.82, 2.24) is 5.32 Å². The first kappa shape index (κ1) is 19.3. The Balaban J connectivity index is 0.00000400. The molecule has 1 amide bonds. The van der Waals surface area contributed by atoms with Crippen molar-refractivity contribution in [3.63, 3.8) is 0 Å². The molecule has 1 unspecified atom stereocenters. The Hall–Kier alpha value is -1.66. The second kappa shape index (κ2) is 9.31. The van der Waals surface area contributed by atoms with E-state index in [1.807, 2.05) is 0 Å². The van der Waals surface area contributed by atoms with E-state index in [2.05, 4.69) is 5.32 Å². The highest BCUT2D eigenvalue weighted by Crippen LogP contribution is 2.18. The van der Waals surface area contributed by atoms with Crippen LogP contribution in [0.2, 0.25) is 0 Å². The van der Waals surface area contributed by atoms with Crippen LogP contribution in [0.15, 0.2) is 24.3 Å². The van der Waals surface area contributed by atoms with Gasteiger partial charge < -0.3 is 15.8 Å². The van der Waals surface area contributed by atoms with Crippen LogP contribution in [0, 0.1) is 5.82 Å². The lowest BCUT2D eigenvalue weighted by atomic mass is 10.0. The minimum Gasteiger partial charge on any atom is -0.466 e. The molecule has 1 aromatic carbocycles. The average Bonchev–Trinajstić information content (AvgIpc) is 2.39. The summed E-state index contributed by atoms with van der Waals surface area (Å²) in [5.41, 5.74) is 6.11. The van der Waals surface area contributed by atoms with E-state index in [1.54, 1.807) is 13.8 Å². The Morgan fingerprint density at radius 1 is 1.33 bits per heavy atom. The van der Waals surface area contributed by atoms with Crippen molar-refractivity contribution in [2.75, 3.05) is 6.61 Å². The largest absolute Gasteiger partial charge is 0.466 e. The van der Waals surface area contributed by atoms with Crippen LogP contribution >= 0.6 is 12.4 Å². The lowest BCUT2D eigenvalue weighted by Crippen LogP contribution is -2.41. The molecule has 1 rings (SSSR count). The Labute approximate surface area is 129 Å². The van der Waals surface area contributed by atoms with E-state index in [0.29, 0.717) is 5.56 Å². The molecule has 2 atom stereocenters. The fraction of sp³-hybridized carbons (Fsp3) is 0.429. The van der Waals surface area contributed by atoms with Crippen LogP contribution in [-0.2, 0) is 14.3 Å². The molecule has 1 aromatic rings. The summed E-state index contributed by atoms with van der Waals surface area (Å²) in [7, 11) is 0. The van der Waals surface area contributed by atoms with Gasteiger partial charge in [-0.2, -0.15) is 0 Å². The monoisotopic (exact) mass is 318 g/mol. The first-order valence-electron chi connectivity index (χ1n) is 6.41. The molecule has 7 heteroatoms. The number of amides is 1. The van der Waals surface area contributed by atoms with Crippen LogP contribution in [0.25, 0.3) is 0 Å². The summed E-state index contributed by atoms with van der Waals surface area (Å²) in [6, 6.07) is 4.28. The van der Waals surface area contributed by atoms with Gasteiger partial charge in [0.15, 0.2) is 0 Å². The summed E-state index contributed by atoms with van der Waals surface area (Å²) in [6.07, 6.45) is -0.0298. The first-order valence-corrected chi connectivity index (χ1v) is 6.41. The molecule has 118 valence electrons. The quantitative estimate of drug-likeness (QED) is 0.782. The van der Waals surface area contributed by atoms with E-state index in [-0.39, 0.29) is 37.2 Å². The van der Waals surface area contributed by atoms with Gasteiger partial charge in [0.25, 0.3) is 0 Å². The summed E-state index contributed by atoms with van der Waals surface area (Å²) in [4.78, 5) is 23.2. The SMILES string of the molecule is CCOC(=O)CC(NC(=O)[C@@H](C)N)c1ccc(F)cc1.Cl. The van der Waals surface area contributed by atoms with Gasteiger partial charge in [0.2, 0.25) is 5.91 Å². The third-order valence-corrected chi connectivity index (χ3v) is 2.68. The molecule has 0 spiro atoms. The van der Waals surface area contributed by atoms with Crippen molar-refractivity contribution < 1.29 is 18.7 Å². The zero-order chi connectivity index (χ0) is 15.1. The van der Waals surface area contributed by atoms with Gasteiger partial charge in [0.05, 0.1) is 25.1 Å². The highest BCUT2D eigenvalue weighted by molar-refractivity contribution is 5.85. The molecule has 3 N–H and O–H groups in total. The van der Waals surface area contributed by atoms with E-state index in [1.165, 1.54) is 24.3 Å². The second-order valence-corrected chi connectivity index (χ2v) is 4.41. The number of hydrogen-bond acceptors (Lipinski definition) is 4. The predicted octanol–water partition coefficient (Wildman–Crippen LogP) is 1.71. The number of esters is 1. The van der Waals surface area contributed by atoms with Crippen LogP contribution in [-0.4, -0.2) is 24.5 Å². The highest BCUT2D eigenvalue weighted by atomic mass is 35.5. The molecule has 0 saturated carbocycles. The lowest BCUT2D eigenvalue weighted by molar-refractivity contribution is -0.143. The molecule has 0 bridgehead atoms. The van der Waals surface area contributed by atoms with Gasteiger partial charge in [-0.1, -0.05) is 12.1 Å². The fourth-order valence-corrected chi connectivity index (χ4v) is 1.64. The normalized spacial score (nSPS) is 12.8. The molecule has 0 aliphatic rings. The van der Waals surface area contributed by atoms with E-state index in [0.717, 1.165) is 0 Å². The molecule has 0 aliphatic carbocycles. The van der Waals surface area contributed by atoms with Gasteiger partial charge in [-0.05, 0) is 31.5 Å². The maximum Gasteiger partial charge on any atom is 0.308 e. The number of nitrogens with two attached hydrogens (primary N) is 1. The molecule has 0 aliphatic heterocycles. The van der Waals surface area contributed by atoms with Crippen LogP contribution in [0.3, 0.4) is 0 Å². The van der Waals surface area contributed by atoms with Gasteiger partial charge in [0, 0.05) is 0 Å². The van der Waals surface area contributed by atoms with Gasteiger partial charge in [-0.15, -0.1) is 12.4 Å². The minimum absolute atomic E-state index is 0. The van der Waals surface area contributed by atoms with E-state index in [4.69, 9.17) is 10.5 Å². The Morgan fingerprint density at radius 3 is 2.38 bits per heavy atom. The summed E-state index contributed by atoms with van der Waals surface area (Å²) >= 11 is 0. The smallest absolute Gasteiger partial charge is 0.308 e. The van der Waals surface area contributed by atoms with Crippen LogP contribution in [0.5, 0.6) is 0 Å². The minimum atomic E-state index is -0.694. The summed E-state index contributed by atoms with van der Waals surface area (Å²) in [5.74, 6) is -1.21. The molecule has 0 fully saturated rings. The maximum atomic E-state index is 12.9. The molecule has 21 heavy (non-hydrogen) atoms. The number of hydrogen-bond donors (Lipinski definition) is 2.